The van der Waals surface area contributed by atoms with E-state index in [1.165, 1.54) is 12.4 Å². The largest absolute Gasteiger partial charge is 0.396 e. The van der Waals surface area contributed by atoms with E-state index in [0.29, 0.717) is 34.4 Å². The zero-order chi connectivity index (χ0) is 24.7. The van der Waals surface area contributed by atoms with Gasteiger partial charge in [0, 0.05) is 16.7 Å². The number of ether oxygens (including phenoxy) is 1. The number of halogens is 2. The normalized spacial score (nSPS) is 14.1. The van der Waals surface area contributed by atoms with Crippen molar-refractivity contribution in [2.45, 2.75) is 13.8 Å². The summed E-state index contributed by atoms with van der Waals surface area (Å²) in [5.41, 5.74) is 4.16. The second-order valence-electron chi connectivity index (χ2n) is 8.05. The summed E-state index contributed by atoms with van der Waals surface area (Å²) >= 11 is 4.83. The second-order valence-corrected chi connectivity index (χ2v) is 9.85. The van der Waals surface area contributed by atoms with Crippen LogP contribution in [0.25, 0.3) is 21.1 Å². The van der Waals surface area contributed by atoms with E-state index in [2.05, 4.69) is 41.1 Å². The molecular weight excluding hydrogens is 521 g/mol. The van der Waals surface area contributed by atoms with Crippen LogP contribution in [-0.4, -0.2) is 65.4 Å². The number of hydrogen-bond donors (Lipinski definition) is 2. The van der Waals surface area contributed by atoms with E-state index in [-0.39, 0.29) is 17.8 Å². The second kappa shape index (κ2) is 11.9. The SMILES string of the molecule is CC.CN(C)CC1(CO)COC1.Fc1cc(Br)cc2ncnc(Nc3ccc4ncsc4c3)c12. The molecule has 34 heavy (non-hydrogen) atoms. The van der Waals surface area contributed by atoms with Gasteiger partial charge in [-0.2, -0.15) is 0 Å². The standard InChI is InChI=1S/C15H8BrFN4S.C7H15NO2.C2H6/c16-8-3-10(17)14-12(4-8)18-6-19-15(14)21-9-1-2-11-13(5-9)22-7-20-11;1-8(2)3-7(4-9)5-10-6-7;1-2/h1-7H,(H,18,19,21);9H,3-6H2,1-2H3;1-2H3. The maximum absolute atomic E-state index is 14.3. The van der Waals surface area contributed by atoms with Gasteiger partial charge in [-0.25, -0.2) is 19.3 Å². The molecular formula is C24H29BrFN5O2S. The zero-order valence-corrected chi connectivity index (χ0v) is 22.1. The minimum absolute atomic E-state index is 0.0451. The molecule has 0 aliphatic carbocycles. The van der Waals surface area contributed by atoms with Crippen LogP contribution in [0, 0.1) is 11.2 Å². The van der Waals surface area contributed by atoms with Crippen LogP contribution >= 0.6 is 27.3 Å². The van der Waals surface area contributed by atoms with Crippen LogP contribution in [0.4, 0.5) is 15.9 Å². The Kier molecular flexibility index (Phi) is 9.26. The maximum atomic E-state index is 14.3. The van der Waals surface area contributed by atoms with Gasteiger partial charge in [-0.3, -0.25) is 0 Å². The van der Waals surface area contributed by atoms with Crippen molar-refractivity contribution in [2.24, 2.45) is 5.41 Å². The molecule has 182 valence electrons. The van der Waals surface area contributed by atoms with Crippen LogP contribution in [0.15, 0.2) is 46.6 Å². The summed E-state index contributed by atoms with van der Waals surface area (Å²) in [5, 5.41) is 12.5. The highest BCUT2D eigenvalue weighted by molar-refractivity contribution is 9.10. The number of fused-ring (bicyclic) bond motifs is 2. The van der Waals surface area contributed by atoms with Crippen molar-refractivity contribution < 1.29 is 14.2 Å². The molecule has 7 nitrogen and oxygen atoms in total. The molecule has 2 aromatic heterocycles. The Hall–Kier alpha value is -2.24. The molecule has 1 fully saturated rings. The minimum Gasteiger partial charge on any atom is -0.396 e. The number of aliphatic hydroxyl groups is 1. The average Bonchev–Trinajstić information content (AvgIpc) is 3.26. The topological polar surface area (TPSA) is 83.4 Å². The van der Waals surface area contributed by atoms with E-state index in [1.54, 1.807) is 22.9 Å². The van der Waals surface area contributed by atoms with Gasteiger partial charge >= 0.3 is 0 Å². The molecule has 10 heteroatoms. The van der Waals surface area contributed by atoms with Crippen LogP contribution in [0.2, 0.25) is 0 Å². The van der Waals surface area contributed by atoms with Crippen molar-refractivity contribution in [1.29, 1.82) is 0 Å². The number of thiazole rings is 1. The van der Waals surface area contributed by atoms with Crippen molar-refractivity contribution in [2.75, 3.05) is 45.8 Å². The van der Waals surface area contributed by atoms with E-state index in [4.69, 9.17) is 9.84 Å². The van der Waals surface area contributed by atoms with E-state index >= 15 is 0 Å². The van der Waals surface area contributed by atoms with Gasteiger partial charge in [0.25, 0.3) is 0 Å². The summed E-state index contributed by atoms with van der Waals surface area (Å²) in [7, 11) is 4.02. The summed E-state index contributed by atoms with van der Waals surface area (Å²) < 4.78 is 21.0. The van der Waals surface area contributed by atoms with Crippen molar-refractivity contribution >= 4 is 59.9 Å². The van der Waals surface area contributed by atoms with Crippen LogP contribution in [0.5, 0.6) is 0 Å². The highest BCUT2D eigenvalue weighted by atomic mass is 79.9. The molecule has 3 heterocycles. The molecule has 0 bridgehead atoms. The quantitative estimate of drug-likeness (QED) is 0.341. The Balaban J connectivity index is 0.000000228. The molecule has 0 radical (unpaired) electrons. The third-order valence-electron chi connectivity index (χ3n) is 5.05. The Morgan fingerprint density at radius 2 is 1.91 bits per heavy atom. The molecule has 0 atom stereocenters. The monoisotopic (exact) mass is 549 g/mol. The first-order valence-electron chi connectivity index (χ1n) is 10.9. The van der Waals surface area contributed by atoms with E-state index < -0.39 is 0 Å². The van der Waals surface area contributed by atoms with Crippen LogP contribution in [0.3, 0.4) is 0 Å². The third-order valence-corrected chi connectivity index (χ3v) is 6.30. The number of aromatic nitrogens is 3. The van der Waals surface area contributed by atoms with Crippen molar-refractivity contribution in [3.63, 3.8) is 0 Å². The summed E-state index contributed by atoms with van der Waals surface area (Å²) in [6.45, 7) is 6.58. The van der Waals surface area contributed by atoms with Crippen LogP contribution < -0.4 is 5.32 Å². The first-order chi connectivity index (χ1) is 16.4. The molecule has 4 aromatic rings. The van der Waals surface area contributed by atoms with Gasteiger partial charge in [-0.05, 0) is 44.4 Å². The zero-order valence-electron chi connectivity index (χ0n) is 19.7. The smallest absolute Gasteiger partial charge is 0.144 e. The van der Waals surface area contributed by atoms with Gasteiger partial charge in [-0.1, -0.05) is 29.8 Å². The molecule has 1 aliphatic rings. The molecule has 2 N–H and O–H groups in total. The Bertz CT molecular complexity index is 1230. The fourth-order valence-corrected chi connectivity index (χ4v) is 4.70. The van der Waals surface area contributed by atoms with Crippen molar-refractivity contribution in [3.05, 3.63) is 52.5 Å². The first kappa shape index (κ1) is 26.4. The lowest BCUT2D eigenvalue weighted by Gasteiger charge is -2.41. The lowest BCUT2D eigenvalue weighted by atomic mass is 9.87. The summed E-state index contributed by atoms with van der Waals surface area (Å²) in [5.74, 6) is 0.0743. The number of hydrogen-bond acceptors (Lipinski definition) is 8. The minimum atomic E-state index is -0.369. The lowest BCUT2D eigenvalue weighted by molar-refractivity contribution is -0.144. The van der Waals surface area contributed by atoms with Gasteiger partial charge < -0.3 is 20.1 Å². The fraction of sp³-hybridized carbons (Fsp3) is 0.375. The van der Waals surface area contributed by atoms with Gasteiger partial charge in [0.2, 0.25) is 0 Å². The fourth-order valence-electron chi connectivity index (χ4n) is 3.57. The van der Waals surface area contributed by atoms with Crippen LogP contribution in [0.1, 0.15) is 13.8 Å². The van der Waals surface area contributed by atoms with Crippen molar-refractivity contribution in [1.82, 2.24) is 19.9 Å². The van der Waals surface area contributed by atoms with E-state index in [1.807, 2.05) is 46.1 Å². The molecule has 2 aromatic carbocycles. The third kappa shape index (κ3) is 6.25. The summed E-state index contributed by atoms with van der Waals surface area (Å²) in [6, 6.07) is 8.95. The Morgan fingerprint density at radius 3 is 2.53 bits per heavy atom. The molecule has 0 amide bonds. The number of benzene rings is 2. The maximum Gasteiger partial charge on any atom is 0.144 e. The summed E-state index contributed by atoms with van der Waals surface area (Å²) in [4.78, 5) is 14.6. The molecule has 0 unspecified atom stereocenters. The molecule has 0 saturated carbocycles. The Labute approximate surface area is 211 Å². The lowest BCUT2D eigenvalue weighted by Crippen LogP contribution is -2.51. The van der Waals surface area contributed by atoms with Crippen LogP contribution in [-0.2, 0) is 4.74 Å². The number of anilines is 2. The van der Waals surface area contributed by atoms with E-state index in [0.717, 1.165) is 22.4 Å². The van der Waals surface area contributed by atoms with Gasteiger partial charge in [0.1, 0.15) is 18.0 Å². The van der Waals surface area contributed by atoms with Gasteiger partial charge in [0.15, 0.2) is 0 Å². The highest BCUT2D eigenvalue weighted by Crippen LogP contribution is 2.30. The van der Waals surface area contributed by atoms with Crippen molar-refractivity contribution in [3.8, 4) is 0 Å². The molecule has 1 saturated heterocycles. The van der Waals surface area contributed by atoms with Gasteiger partial charge in [0.05, 0.1) is 51.9 Å². The number of nitrogens with zero attached hydrogens (tertiary/aromatic N) is 4. The number of rotatable bonds is 5. The molecule has 5 rings (SSSR count). The molecule has 0 spiro atoms. The first-order valence-corrected chi connectivity index (χ1v) is 12.6. The summed E-state index contributed by atoms with van der Waals surface area (Å²) in [6.07, 6.45) is 1.42. The predicted molar refractivity (Wildman–Crippen MR) is 140 cm³/mol. The van der Waals surface area contributed by atoms with Gasteiger partial charge in [-0.15, -0.1) is 11.3 Å². The molecule has 1 aliphatic heterocycles. The number of aliphatic hydroxyl groups excluding tert-OH is 1. The van der Waals surface area contributed by atoms with E-state index in [9.17, 15) is 4.39 Å². The average molecular weight is 550 g/mol. The highest BCUT2D eigenvalue weighted by Gasteiger charge is 2.38. The Morgan fingerprint density at radius 1 is 1.15 bits per heavy atom. The number of nitrogens with one attached hydrogen (secondary N) is 1. The predicted octanol–water partition coefficient (Wildman–Crippen LogP) is 5.47.